The maximum Gasteiger partial charge on any atom is 0.338 e. The fourth-order valence-electron chi connectivity index (χ4n) is 2.78. The second kappa shape index (κ2) is 8.18. The fraction of sp³-hybridized carbons (Fsp3) is 0.556. The lowest BCUT2D eigenvalue weighted by Crippen LogP contribution is -2.37. The van der Waals surface area contributed by atoms with Crippen molar-refractivity contribution in [3.8, 4) is 0 Å². The topological polar surface area (TPSA) is 84.0 Å². The van der Waals surface area contributed by atoms with E-state index in [1.807, 2.05) is 0 Å². The Morgan fingerprint density at radius 3 is 2.19 bits per heavy atom. The van der Waals surface area contributed by atoms with Crippen molar-refractivity contribution in [1.29, 1.82) is 0 Å². The minimum absolute atomic E-state index is 0.154. The molecule has 1 aliphatic rings. The number of benzene rings is 1. The van der Waals surface area contributed by atoms with Crippen LogP contribution in [0.5, 0.6) is 0 Å². The van der Waals surface area contributed by atoms with Crippen LogP contribution in [0.25, 0.3) is 0 Å². The molecule has 0 aliphatic carbocycles. The van der Waals surface area contributed by atoms with Crippen LogP contribution in [-0.2, 0) is 19.6 Å². The van der Waals surface area contributed by atoms with E-state index in [0.717, 1.165) is 12.8 Å². The van der Waals surface area contributed by atoms with E-state index in [-0.39, 0.29) is 16.4 Å². The lowest BCUT2D eigenvalue weighted by atomic mass is 10.0. The number of sulfonamides is 1. The molecular formula is C18H26N2O5S. The average molecular weight is 382 g/mol. The van der Waals surface area contributed by atoms with Crippen LogP contribution in [-0.4, -0.2) is 62.8 Å². The summed E-state index contributed by atoms with van der Waals surface area (Å²) < 4.78 is 32.0. The van der Waals surface area contributed by atoms with E-state index in [9.17, 15) is 18.0 Å². The van der Waals surface area contributed by atoms with E-state index >= 15 is 0 Å². The van der Waals surface area contributed by atoms with Gasteiger partial charge in [-0.1, -0.05) is 6.92 Å². The summed E-state index contributed by atoms with van der Waals surface area (Å²) in [6.07, 6.45) is 0.791. The first kappa shape index (κ1) is 20.4. The largest absolute Gasteiger partial charge is 0.449 e. The third-order valence-electron chi connectivity index (χ3n) is 4.54. The van der Waals surface area contributed by atoms with E-state index in [1.165, 1.54) is 40.4 Å². The van der Waals surface area contributed by atoms with Gasteiger partial charge in [-0.3, -0.25) is 4.79 Å². The third-order valence-corrected chi connectivity index (χ3v) is 6.46. The molecule has 0 saturated carbocycles. The van der Waals surface area contributed by atoms with Crippen LogP contribution in [0, 0.1) is 5.92 Å². The number of esters is 1. The standard InChI is InChI=1S/C18H26N2O5S/c1-13-9-11-20(12-10-13)26(23,24)16-7-5-15(6-8-16)18(22)25-14(2)17(21)19(3)4/h5-8,13-14H,9-12H2,1-4H3/t14-/m1/s1. The molecule has 1 amide bonds. The van der Waals surface area contributed by atoms with Gasteiger partial charge in [0, 0.05) is 27.2 Å². The molecule has 0 unspecified atom stereocenters. The second-order valence-corrected chi connectivity index (χ2v) is 8.83. The molecule has 1 aliphatic heterocycles. The highest BCUT2D eigenvalue weighted by molar-refractivity contribution is 7.89. The molecule has 7 nitrogen and oxygen atoms in total. The number of likely N-dealkylation sites (N-methyl/N-ethyl adjacent to an activating group) is 1. The molecule has 2 rings (SSSR count). The van der Waals surface area contributed by atoms with E-state index in [2.05, 4.69) is 6.92 Å². The molecule has 26 heavy (non-hydrogen) atoms. The summed E-state index contributed by atoms with van der Waals surface area (Å²) >= 11 is 0. The van der Waals surface area contributed by atoms with Crippen LogP contribution in [0.4, 0.5) is 0 Å². The summed E-state index contributed by atoms with van der Waals surface area (Å²) in [6, 6.07) is 5.63. The first-order chi connectivity index (χ1) is 12.1. The lowest BCUT2D eigenvalue weighted by Gasteiger charge is -2.29. The fourth-order valence-corrected chi connectivity index (χ4v) is 4.25. The highest BCUT2D eigenvalue weighted by Gasteiger charge is 2.28. The van der Waals surface area contributed by atoms with Crippen LogP contribution < -0.4 is 0 Å². The zero-order chi connectivity index (χ0) is 19.5. The van der Waals surface area contributed by atoms with Gasteiger partial charge in [-0.25, -0.2) is 13.2 Å². The molecule has 1 fully saturated rings. The van der Waals surface area contributed by atoms with Gasteiger partial charge >= 0.3 is 5.97 Å². The maximum atomic E-state index is 12.7. The molecule has 0 aromatic heterocycles. The summed E-state index contributed by atoms with van der Waals surface area (Å²) in [5.74, 6) is -0.453. The van der Waals surface area contributed by atoms with Crippen molar-refractivity contribution in [3.05, 3.63) is 29.8 Å². The molecule has 1 atom stereocenters. The number of rotatable bonds is 5. The number of carbonyl (C=O) groups is 2. The highest BCUT2D eigenvalue weighted by Crippen LogP contribution is 2.23. The molecule has 144 valence electrons. The van der Waals surface area contributed by atoms with Gasteiger partial charge < -0.3 is 9.64 Å². The Kier molecular flexibility index (Phi) is 6.41. The first-order valence-corrected chi connectivity index (χ1v) is 10.1. The minimum Gasteiger partial charge on any atom is -0.449 e. The van der Waals surface area contributed by atoms with Crippen LogP contribution in [0.15, 0.2) is 29.2 Å². The molecule has 1 aromatic carbocycles. The van der Waals surface area contributed by atoms with Crippen molar-refractivity contribution < 1.29 is 22.7 Å². The number of hydrogen-bond donors (Lipinski definition) is 0. The Labute approximate surface area is 155 Å². The third kappa shape index (κ3) is 4.62. The van der Waals surface area contributed by atoms with Crippen molar-refractivity contribution in [2.24, 2.45) is 5.92 Å². The van der Waals surface area contributed by atoms with E-state index < -0.39 is 22.1 Å². The number of ether oxygens (including phenoxy) is 1. The number of piperidine rings is 1. The van der Waals surface area contributed by atoms with Gasteiger partial charge in [0.15, 0.2) is 6.10 Å². The summed E-state index contributed by atoms with van der Waals surface area (Å²) in [4.78, 5) is 25.4. The van der Waals surface area contributed by atoms with Gasteiger partial charge in [-0.2, -0.15) is 4.31 Å². The Balaban J connectivity index is 2.07. The second-order valence-electron chi connectivity index (χ2n) is 6.89. The zero-order valence-electron chi connectivity index (χ0n) is 15.6. The van der Waals surface area contributed by atoms with E-state index in [4.69, 9.17) is 4.74 Å². The molecule has 1 heterocycles. The maximum absolute atomic E-state index is 12.7. The molecule has 0 N–H and O–H groups in total. The molecular weight excluding hydrogens is 356 g/mol. The van der Waals surface area contributed by atoms with Crippen molar-refractivity contribution in [3.63, 3.8) is 0 Å². The van der Waals surface area contributed by atoms with Crippen molar-refractivity contribution >= 4 is 21.9 Å². The Morgan fingerprint density at radius 1 is 1.15 bits per heavy atom. The number of nitrogens with zero attached hydrogens (tertiary/aromatic N) is 2. The van der Waals surface area contributed by atoms with E-state index in [0.29, 0.717) is 19.0 Å². The van der Waals surface area contributed by atoms with Crippen molar-refractivity contribution in [2.75, 3.05) is 27.2 Å². The van der Waals surface area contributed by atoms with Gasteiger partial charge in [-0.15, -0.1) is 0 Å². The molecule has 0 bridgehead atoms. The van der Waals surface area contributed by atoms with Gasteiger partial charge in [-0.05, 0) is 49.9 Å². The number of amides is 1. The zero-order valence-corrected chi connectivity index (χ0v) is 16.5. The number of carbonyl (C=O) groups excluding carboxylic acids is 2. The Bertz CT molecular complexity index is 750. The van der Waals surface area contributed by atoms with Gasteiger partial charge in [0.1, 0.15) is 0 Å². The average Bonchev–Trinajstić information content (AvgIpc) is 2.61. The van der Waals surface area contributed by atoms with Gasteiger partial charge in [0.2, 0.25) is 10.0 Å². The molecule has 1 aromatic rings. The predicted molar refractivity (Wildman–Crippen MR) is 97.2 cm³/mol. The van der Waals surface area contributed by atoms with Crippen molar-refractivity contribution in [2.45, 2.75) is 37.7 Å². The van der Waals surface area contributed by atoms with E-state index in [1.54, 1.807) is 14.1 Å². The monoisotopic (exact) mass is 382 g/mol. The number of hydrogen-bond acceptors (Lipinski definition) is 5. The normalized spacial score (nSPS) is 17.5. The minimum atomic E-state index is -3.56. The quantitative estimate of drug-likeness (QED) is 0.725. The Hall–Kier alpha value is -1.93. The molecule has 8 heteroatoms. The summed E-state index contributed by atoms with van der Waals surface area (Å²) in [6.45, 7) is 4.64. The molecule has 1 saturated heterocycles. The van der Waals surface area contributed by atoms with Crippen LogP contribution in [0.3, 0.4) is 0 Å². The van der Waals surface area contributed by atoms with Gasteiger partial charge in [0.25, 0.3) is 5.91 Å². The SMILES string of the molecule is CC1CCN(S(=O)(=O)c2ccc(C(=O)O[C@H](C)C(=O)N(C)C)cc2)CC1. The first-order valence-electron chi connectivity index (χ1n) is 8.65. The van der Waals surface area contributed by atoms with Gasteiger partial charge in [0.05, 0.1) is 10.5 Å². The van der Waals surface area contributed by atoms with Crippen LogP contribution >= 0.6 is 0 Å². The Morgan fingerprint density at radius 2 is 1.69 bits per heavy atom. The lowest BCUT2D eigenvalue weighted by molar-refractivity contribution is -0.137. The van der Waals surface area contributed by atoms with Crippen LogP contribution in [0.1, 0.15) is 37.0 Å². The smallest absolute Gasteiger partial charge is 0.338 e. The predicted octanol–water partition coefficient (Wildman–Crippen LogP) is 1.74. The molecule has 0 spiro atoms. The summed E-state index contributed by atoms with van der Waals surface area (Å²) in [5.41, 5.74) is 0.203. The van der Waals surface area contributed by atoms with Crippen molar-refractivity contribution in [1.82, 2.24) is 9.21 Å². The van der Waals surface area contributed by atoms with Crippen LogP contribution in [0.2, 0.25) is 0 Å². The summed E-state index contributed by atoms with van der Waals surface area (Å²) in [7, 11) is -0.401. The highest BCUT2D eigenvalue weighted by atomic mass is 32.2. The molecule has 0 radical (unpaired) electrons. The summed E-state index contributed by atoms with van der Waals surface area (Å²) in [5, 5.41) is 0.